The Morgan fingerprint density at radius 1 is 1.22 bits per heavy atom. The lowest BCUT2D eigenvalue weighted by Gasteiger charge is -2.19. The van der Waals surface area contributed by atoms with Crippen LogP contribution in [-0.2, 0) is 9.53 Å². The first-order valence-corrected chi connectivity index (χ1v) is 6.75. The van der Waals surface area contributed by atoms with Crippen LogP contribution >= 0.6 is 0 Å². The Morgan fingerprint density at radius 3 is 2.33 bits per heavy atom. The maximum atomic E-state index is 11.4. The van der Waals surface area contributed by atoms with Gasteiger partial charge in [-0.3, -0.25) is 4.79 Å². The normalized spacial score (nSPS) is 12.9. The Balaban J connectivity index is 3.57. The Labute approximate surface area is 110 Å². The van der Waals surface area contributed by atoms with Crippen LogP contribution < -0.4 is 5.32 Å². The van der Waals surface area contributed by atoms with E-state index in [9.17, 15) is 9.59 Å². The van der Waals surface area contributed by atoms with E-state index in [1.165, 1.54) is 0 Å². The van der Waals surface area contributed by atoms with Crippen molar-refractivity contribution in [1.29, 1.82) is 0 Å². The molecule has 0 saturated heterocycles. The summed E-state index contributed by atoms with van der Waals surface area (Å²) < 4.78 is 5.12. The molecule has 18 heavy (non-hydrogen) atoms. The van der Waals surface area contributed by atoms with Crippen molar-refractivity contribution in [3.05, 3.63) is 0 Å². The molecular weight excluding hydrogens is 230 g/mol. The summed E-state index contributed by atoms with van der Waals surface area (Å²) in [5.41, 5.74) is -0.452. The molecule has 4 nitrogen and oxygen atoms in total. The molecule has 0 aliphatic carbocycles. The molecule has 106 valence electrons. The van der Waals surface area contributed by atoms with Gasteiger partial charge in [0, 0.05) is 18.9 Å². The fourth-order valence-corrected chi connectivity index (χ4v) is 1.59. The molecule has 0 spiro atoms. The van der Waals surface area contributed by atoms with Gasteiger partial charge in [0.05, 0.1) is 0 Å². The Hall–Kier alpha value is -1.06. The lowest BCUT2D eigenvalue weighted by molar-refractivity contribution is -0.122. The fraction of sp³-hybridized carbons (Fsp3) is 0.857. The van der Waals surface area contributed by atoms with Crippen molar-refractivity contribution < 1.29 is 14.3 Å². The standard InChI is InChI=1S/C14H27NO3/c1-6-12(16)11(2)9-7-8-10-15-13(17)18-14(3,4)5/h11H,6-10H2,1-5H3,(H,15,17)/t11-/m0/s1. The number of carbonyl (C=O) groups is 2. The molecular formula is C14H27NO3. The molecule has 0 rings (SSSR count). The zero-order valence-corrected chi connectivity index (χ0v) is 12.3. The number of hydrogen-bond acceptors (Lipinski definition) is 3. The first-order valence-electron chi connectivity index (χ1n) is 6.75. The summed E-state index contributed by atoms with van der Waals surface area (Å²) in [6.07, 6.45) is 2.95. The molecule has 0 bridgehead atoms. The number of alkyl carbamates (subject to hydrolysis) is 1. The zero-order valence-electron chi connectivity index (χ0n) is 12.3. The Bertz CT molecular complexity index is 269. The zero-order chi connectivity index (χ0) is 14.2. The molecule has 1 atom stereocenters. The van der Waals surface area contributed by atoms with Crippen LogP contribution in [0.5, 0.6) is 0 Å². The van der Waals surface area contributed by atoms with E-state index < -0.39 is 5.60 Å². The minimum Gasteiger partial charge on any atom is -0.444 e. The first-order chi connectivity index (χ1) is 8.26. The van der Waals surface area contributed by atoms with E-state index in [0.29, 0.717) is 18.7 Å². The van der Waals surface area contributed by atoms with Gasteiger partial charge in [-0.05, 0) is 33.6 Å². The average molecular weight is 257 g/mol. The van der Waals surface area contributed by atoms with E-state index in [2.05, 4.69) is 5.32 Å². The van der Waals surface area contributed by atoms with Crippen LogP contribution in [-0.4, -0.2) is 24.0 Å². The van der Waals surface area contributed by atoms with E-state index in [0.717, 1.165) is 19.3 Å². The third-order valence-electron chi connectivity index (χ3n) is 2.63. The molecule has 0 unspecified atom stereocenters. The Morgan fingerprint density at radius 2 is 1.83 bits per heavy atom. The number of unbranched alkanes of at least 4 members (excludes halogenated alkanes) is 1. The van der Waals surface area contributed by atoms with E-state index in [4.69, 9.17) is 4.74 Å². The van der Waals surface area contributed by atoms with Gasteiger partial charge in [-0.1, -0.05) is 20.3 Å². The van der Waals surface area contributed by atoms with Gasteiger partial charge in [-0.2, -0.15) is 0 Å². The quantitative estimate of drug-likeness (QED) is 0.712. The van der Waals surface area contributed by atoms with Crippen LogP contribution in [0.1, 0.15) is 60.3 Å². The van der Waals surface area contributed by atoms with Gasteiger partial charge in [0.1, 0.15) is 11.4 Å². The molecule has 0 aromatic rings. The number of amides is 1. The highest BCUT2D eigenvalue weighted by Crippen LogP contribution is 2.10. The van der Waals surface area contributed by atoms with Gasteiger partial charge >= 0.3 is 6.09 Å². The molecule has 0 aromatic carbocycles. The summed E-state index contributed by atoms with van der Waals surface area (Å²) in [5, 5.41) is 2.71. The maximum Gasteiger partial charge on any atom is 0.407 e. The highest BCUT2D eigenvalue weighted by atomic mass is 16.6. The number of Topliss-reactive ketones (excluding diaryl/α,β-unsaturated/α-hetero) is 1. The van der Waals surface area contributed by atoms with Gasteiger partial charge < -0.3 is 10.1 Å². The predicted molar refractivity (Wildman–Crippen MR) is 72.5 cm³/mol. The summed E-state index contributed by atoms with van der Waals surface area (Å²) in [7, 11) is 0. The topological polar surface area (TPSA) is 55.4 Å². The molecule has 0 aromatic heterocycles. The summed E-state index contributed by atoms with van der Waals surface area (Å²) in [4.78, 5) is 22.7. The van der Waals surface area contributed by atoms with Crippen LogP contribution in [0.25, 0.3) is 0 Å². The van der Waals surface area contributed by atoms with Crippen LogP contribution in [0, 0.1) is 5.92 Å². The second-order valence-corrected chi connectivity index (χ2v) is 5.65. The van der Waals surface area contributed by atoms with Crippen LogP contribution in [0.15, 0.2) is 0 Å². The highest BCUT2D eigenvalue weighted by molar-refractivity contribution is 5.80. The summed E-state index contributed by atoms with van der Waals surface area (Å²) in [5.74, 6) is 0.451. The van der Waals surface area contributed by atoms with Crippen molar-refractivity contribution in [1.82, 2.24) is 5.32 Å². The highest BCUT2D eigenvalue weighted by Gasteiger charge is 2.15. The van der Waals surface area contributed by atoms with Crippen molar-refractivity contribution in [2.45, 2.75) is 65.9 Å². The summed E-state index contributed by atoms with van der Waals surface area (Å²) in [6, 6.07) is 0. The number of hydrogen-bond donors (Lipinski definition) is 1. The lowest BCUT2D eigenvalue weighted by atomic mass is 9.98. The molecule has 0 aliphatic rings. The van der Waals surface area contributed by atoms with Gasteiger partial charge in [0.2, 0.25) is 0 Å². The van der Waals surface area contributed by atoms with Crippen molar-refractivity contribution >= 4 is 11.9 Å². The Kier molecular flexibility index (Phi) is 7.64. The number of rotatable bonds is 7. The molecule has 1 amide bonds. The van der Waals surface area contributed by atoms with Crippen LogP contribution in [0.3, 0.4) is 0 Å². The van der Waals surface area contributed by atoms with Crippen molar-refractivity contribution in [2.24, 2.45) is 5.92 Å². The molecule has 0 radical (unpaired) electrons. The smallest absolute Gasteiger partial charge is 0.407 e. The minimum atomic E-state index is -0.452. The number of ether oxygens (including phenoxy) is 1. The van der Waals surface area contributed by atoms with Crippen LogP contribution in [0.4, 0.5) is 4.79 Å². The second kappa shape index (κ2) is 8.11. The first kappa shape index (κ1) is 16.9. The van der Waals surface area contributed by atoms with Gasteiger partial charge in [-0.25, -0.2) is 4.79 Å². The fourth-order valence-electron chi connectivity index (χ4n) is 1.59. The van der Waals surface area contributed by atoms with Crippen LogP contribution in [0.2, 0.25) is 0 Å². The third kappa shape index (κ3) is 9.02. The van der Waals surface area contributed by atoms with Crippen molar-refractivity contribution in [3.8, 4) is 0 Å². The van der Waals surface area contributed by atoms with E-state index in [1.54, 1.807) is 0 Å². The van der Waals surface area contributed by atoms with Crippen molar-refractivity contribution in [3.63, 3.8) is 0 Å². The average Bonchev–Trinajstić information content (AvgIpc) is 2.24. The SMILES string of the molecule is CCC(=O)[C@@H](C)CCCCNC(=O)OC(C)(C)C. The second-order valence-electron chi connectivity index (χ2n) is 5.65. The number of carbonyl (C=O) groups excluding carboxylic acids is 2. The largest absolute Gasteiger partial charge is 0.444 e. The minimum absolute atomic E-state index is 0.136. The third-order valence-corrected chi connectivity index (χ3v) is 2.63. The number of nitrogens with one attached hydrogen (secondary N) is 1. The summed E-state index contributed by atoms with van der Waals surface area (Å²) in [6.45, 7) is 9.97. The number of ketones is 1. The molecule has 1 N–H and O–H groups in total. The van der Waals surface area contributed by atoms with Crippen molar-refractivity contribution in [2.75, 3.05) is 6.54 Å². The lowest BCUT2D eigenvalue weighted by Crippen LogP contribution is -2.33. The van der Waals surface area contributed by atoms with Gasteiger partial charge in [-0.15, -0.1) is 0 Å². The monoisotopic (exact) mass is 257 g/mol. The van der Waals surface area contributed by atoms with Gasteiger partial charge in [0.15, 0.2) is 0 Å². The van der Waals surface area contributed by atoms with E-state index in [-0.39, 0.29) is 12.0 Å². The molecule has 0 heterocycles. The van der Waals surface area contributed by atoms with E-state index >= 15 is 0 Å². The molecule has 0 saturated carbocycles. The predicted octanol–water partition coefficient (Wildman–Crippen LogP) is 3.30. The van der Waals surface area contributed by atoms with E-state index in [1.807, 2.05) is 34.6 Å². The molecule has 4 heteroatoms. The maximum absolute atomic E-state index is 11.4. The molecule has 0 aliphatic heterocycles. The molecule has 0 fully saturated rings. The summed E-state index contributed by atoms with van der Waals surface area (Å²) >= 11 is 0. The van der Waals surface area contributed by atoms with Gasteiger partial charge in [0.25, 0.3) is 0 Å².